The first-order valence-electron chi connectivity index (χ1n) is 7.71. The molecule has 2 aliphatic heterocycles. The first-order chi connectivity index (χ1) is 11.4. The highest BCUT2D eigenvalue weighted by Crippen LogP contribution is 2.22. The summed E-state index contributed by atoms with van der Waals surface area (Å²) in [7, 11) is -1.35. The molecule has 2 aliphatic rings. The van der Waals surface area contributed by atoms with E-state index in [9.17, 15) is 18.0 Å². The zero-order chi connectivity index (χ0) is 17.3. The number of hydrogen-bond donors (Lipinski definition) is 1. The van der Waals surface area contributed by atoms with E-state index in [4.69, 9.17) is 0 Å². The van der Waals surface area contributed by atoms with Crippen molar-refractivity contribution in [1.29, 1.82) is 0 Å². The first-order valence-corrected chi connectivity index (χ1v) is 9.53. The van der Waals surface area contributed by atoms with Crippen LogP contribution in [-0.4, -0.2) is 58.3 Å². The van der Waals surface area contributed by atoms with Crippen LogP contribution in [0.2, 0.25) is 0 Å². The molecule has 10 heteroatoms. The van der Waals surface area contributed by atoms with Gasteiger partial charge in [0.1, 0.15) is 5.71 Å². The number of amides is 2. The fourth-order valence-corrected chi connectivity index (χ4v) is 4.53. The van der Waals surface area contributed by atoms with Crippen molar-refractivity contribution in [3.63, 3.8) is 0 Å². The molecule has 1 saturated heterocycles. The quantitative estimate of drug-likeness (QED) is 0.761. The topological polar surface area (TPSA) is 114 Å². The maximum absolute atomic E-state index is 12.3. The maximum atomic E-state index is 12.3. The molecule has 0 radical (unpaired) electrons. The van der Waals surface area contributed by atoms with Gasteiger partial charge >= 0.3 is 0 Å². The summed E-state index contributed by atoms with van der Waals surface area (Å²) in [5.41, 5.74) is 1.09. The monoisotopic (exact) mass is 353 g/mol. The number of aryl methyl sites for hydroxylation is 1. The summed E-state index contributed by atoms with van der Waals surface area (Å²) in [6.07, 6.45) is 2.42. The molecule has 0 saturated carbocycles. The molecule has 2 amide bonds. The van der Waals surface area contributed by atoms with Gasteiger partial charge in [0.15, 0.2) is 9.84 Å². The van der Waals surface area contributed by atoms with Crippen molar-refractivity contribution in [3.05, 3.63) is 18.0 Å². The summed E-state index contributed by atoms with van der Waals surface area (Å²) in [6, 6.07) is 1.32. The normalized spacial score (nSPS) is 23.2. The van der Waals surface area contributed by atoms with Gasteiger partial charge in [0.2, 0.25) is 5.91 Å². The van der Waals surface area contributed by atoms with Gasteiger partial charge in [-0.25, -0.2) is 13.4 Å². The van der Waals surface area contributed by atoms with Gasteiger partial charge in [0.05, 0.1) is 29.8 Å². The number of rotatable bonds is 4. The van der Waals surface area contributed by atoms with E-state index in [2.05, 4.69) is 15.5 Å². The largest absolute Gasteiger partial charge is 0.345 e. The van der Waals surface area contributed by atoms with Gasteiger partial charge in [0.25, 0.3) is 5.91 Å². The van der Waals surface area contributed by atoms with Crippen LogP contribution in [0.4, 0.5) is 0 Å². The lowest BCUT2D eigenvalue weighted by molar-refractivity contribution is -0.133. The van der Waals surface area contributed by atoms with E-state index in [-0.39, 0.29) is 41.9 Å². The maximum Gasteiger partial charge on any atom is 0.267 e. The zero-order valence-corrected chi connectivity index (χ0v) is 14.1. The smallest absolute Gasteiger partial charge is 0.267 e. The van der Waals surface area contributed by atoms with Crippen LogP contribution in [0, 0.1) is 0 Å². The lowest BCUT2D eigenvalue weighted by atomic mass is 10.1. The second kappa shape index (κ2) is 6.34. The van der Waals surface area contributed by atoms with Crippen molar-refractivity contribution < 1.29 is 18.0 Å². The second-order valence-electron chi connectivity index (χ2n) is 5.97. The molecular formula is C14H19N5O4S. The molecule has 1 fully saturated rings. The van der Waals surface area contributed by atoms with Crippen LogP contribution in [0.3, 0.4) is 0 Å². The van der Waals surface area contributed by atoms with Gasteiger partial charge in [-0.2, -0.15) is 10.2 Å². The summed E-state index contributed by atoms with van der Waals surface area (Å²) in [6.45, 7) is 0.306. The third kappa shape index (κ3) is 3.48. The van der Waals surface area contributed by atoms with Crippen LogP contribution in [0.1, 0.15) is 25.0 Å². The van der Waals surface area contributed by atoms with Gasteiger partial charge < -0.3 is 5.32 Å². The van der Waals surface area contributed by atoms with Gasteiger partial charge in [-0.05, 0) is 12.5 Å². The number of carbonyl (C=O) groups excluding carboxylic acids is 2. The molecule has 1 atom stereocenters. The van der Waals surface area contributed by atoms with E-state index in [1.165, 1.54) is 5.01 Å². The molecule has 9 nitrogen and oxygen atoms in total. The molecule has 1 N–H and O–H groups in total. The molecule has 24 heavy (non-hydrogen) atoms. The van der Waals surface area contributed by atoms with Crippen LogP contribution in [-0.2, 0) is 33.0 Å². The summed E-state index contributed by atoms with van der Waals surface area (Å²) in [5, 5.41) is 12.1. The van der Waals surface area contributed by atoms with E-state index in [1.54, 1.807) is 24.0 Å². The minimum Gasteiger partial charge on any atom is -0.345 e. The molecular weight excluding hydrogens is 334 g/mol. The summed E-state index contributed by atoms with van der Waals surface area (Å²) < 4.78 is 24.8. The third-order valence-electron chi connectivity index (χ3n) is 4.23. The summed E-state index contributed by atoms with van der Waals surface area (Å²) in [4.78, 5) is 24.3. The zero-order valence-electron chi connectivity index (χ0n) is 13.3. The van der Waals surface area contributed by atoms with Gasteiger partial charge in [-0.3, -0.25) is 14.3 Å². The Morgan fingerprint density at radius 3 is 2.83 bits per heavy atom. The number of hydrogen-bond acceptors (Lipinski definition) is 6. The SMILES string of the molecule is Cn1nccc1CNC(=O)C1=NN([C@@H]2CCS(=O)(=O)C2)C(=O)CC1. The van der Waals surface area contributed by atoms with Crippen molar-refractivity contribution in [2.75, 3.05) is 11.5 Å². The van der Waals surface area contributed by atoms with E-state index in [0.29, 0.717) is 13.0 Å². The molecule has 1 aromatic heterocycles. The second-order valence-corrected chi connectivity index (χ2v) is 8.20. The Bertz CT molecular complexity index is 798. The Morgan fingerprint density at radius 1 is 1.42 bits per heavy atom. The van der Waals surface area contributed by atoms with Crippen LogP contribution in [0.25, 0.3) is 0 Å². The van der Waals surface area contributed by atoms with E-state index in [1.807, 2.05) is 0 Å². The number of aromatic nitrogens is 2. The third-order valence-corrected chi connectivity index (χ3v) is 5.98. The highest BCUT2D eigenvalue weighted by Gasteiger charge is 2.37. The average Bonchev–Trinajstić information content (AvgIpc) is 3.10. The highest BCUT2D eigenvalue weighted by molar-refractivity contribution is 7.91. The van der Waals surface area contributed by atoms with Gasteiger partial charge in [-0.15, -0.1) is 0 Å². The lowest BCUT2D eigenvalue weighted by Crippen LogP contribution is -2.43. The van der Waals surface area contributed by atoms with Crippen molar-refractivity contribution in [1.82, 2.24) is 20.1 Å². The Balaban J connectivity index is 1.68. The molecule has 0 aliphatic carbocycles. The van der Waals surface area contributed by atoms with Crippen LogP contribution in [0.5, 0.6) is 0 Å². The van der Waals surface area contributed by atoms with Gasteiger partial charge in [-0.1, -0.05) is 0 Å². The molecule has 3 rings (SSSR count). The number of carbonyl (C=O) groups is 2. The summed E-state index contributed by atoms with van der Waals surface area (Å²) in [5.74, 6) is -0.625. The Labute approximate surface area is 139 Å². The predicted octanol–water partition coefficient (Wildman–Crippen LogP) is -0.798. The molecule has 3 heterocycles. The Hall–Kier alpha value is -2.23. The molecule has 0 bridgehead atoms. The van der Waals surface area contributed by atoms with E-state index in [0.717, 1.165) is 5.69 Å². The predicted molar refractivity (Wildman–Crippen MR) is 85.6 cm³/mol. The lowest BCUT2D eigenvalue weighted by Gasteiger charge is -2.27. The summed E-state index contributed by atoms with van der Waals surface area (Å²) >= 11 is 0. The minimum atomic E-state index is -3.12. The van der Waals surface area contributed by atoms with Crippen LogP contribution < -0.4 is 5.32 Å². The van der Waals surface area contributed by atoms with Gasteiger partial charge in [0, 0.05) is 26.1 Å². The molecule has 0 aromatic carbocycles. The standard InChI is InChI=1S/C14H19N5O4S/c1-18-10(4-6-16-18)8-15-14(21)12-2-3-13(20)19(17-12)11-5-7-24(22,23)9-11/h4,6,11H,2-3,5,7-9H2,1H3,(H,15,21)/t11-/m1/s1. The number of nitrogens with one attached hydrogen (secondary N) is 1. The molecule has 1 aromatic rings. The van der Waals surface area contributed by atoms with Crippen LogP contribution in [0.15, 0.2) is 17.4 Å². The number of sulfone groups is 1. The molecule has 0 spiro atoms. The van der Waals surface area contributed by atoms with E-state index < -0.39 is 15.9 Å². The first kappa shape index (κ1) is 16.6. The van der Waals surface area contributed by atoms with Crippen molar-refractivity contribution in [2.45, 2.75) is 31.8 Å². The fourth-order valence-electron chi connectivity index (χ4n) is 2.84. The fraction of sp³-hybridized carbons (Fsp3) is 0.571. The van der Waals surface area contributed by atoms with Crippen molar-refractivity contribution in [3.8, 4) is 0 Å². The highest BCUT2D eigenvalue weighted by atomic mass is 32.2. The molecule has 130 valence electrons. The van der Waals surface area contributed by atoms with E-state index >= 15 is 0 Å². The average molecular weight is 353 g/mol. The Morgan fingerprint density at radius 2 is 2.21 bits per heavy atom. The van der Waals surface area contributed by atoms with Crippen LogP contribution >= 0.6 is 0 Å². The van der Waals surface area contributed by atoms with Crippen molar-refractivity contribution >= 4 is 27.4 Å². The van der Waals surface area contributed by atoms with Crippen molar-refractivity contribution in [2.24, 2.45) is 12.1 Å². The molecule has 0 unspecified atom stereocenters. The number of nitrogens with zero attached hydrogens (tertiary/aromatic N) is 4. The number of hydrazone groups is 1. The Kier molecular flexibility index (Phi) is 4.39. The minimum absolute atomic E-state index is 0.0545.